The Labute approximate surface area is 100 Å². The Bertz CT molecular complexity index is 370. The van der Waals surface area contributed by atoms with Gasteiger partial charge in [0, 0.05) is 23.5 Å². The van der Waals surface area contributed by atoms with Crippen molar-refractivity contribution in [2.24, 2.45) is 10.7 Å². The second-order valence-corrected chi connectivity index (χ2v) is 4.87. The summed E-state index contributed by atoms with van der Waals surface area (Å²) in [4.78, 5) is 9.80. The Hall–Kier alpha value is -1.36. The van der Waals surface area contributed by atoms with Gasteiger partial charge in [-0.15, -0.1) is 17.9 Å². The number of hydrogen-bond acceptors (Lipinski definition) is 3. The average Bonchev–Trinajstić information content (AvgIpc) is 2.69. The topological polar surface area (TPSA) is 63.3 Å². The predicted octanol–water partition coefficient (Wildman–Crippen LogP) is 1.65. The monoisotopic (exact) mass is 238 g/mol. The molecular weight excluding hydrogens is 220 g/mol. The molecule has 1 atom stereocenters. The van der Waals surface area contributed by atoms with Gasteiger partial charge in [-0.1, -0.05) is 13.0 Å². The fourth-order valence-corrected chi connectivity index (χ4v) is 1.96. The molecule has 1 aromatic heterocycles. The number of hydrogen-bond donors (Lipinski definition) is 2. The van der Waals surface area contributed by atoms with E-state index >= 15 is 0 Å². The maximum atomic E-state index is 5.67. The first-order chi connectivity index (χ1) is 7.63. The highest BCUT2D eigenvalue weighted by molar-refractivity contribution is 7.11. The van der Waals surface area contributed by atoms with E-state index in [4.69, 9.17) is 5.73 Å². The van der Waals surface area contributed by atoms with Crippen LogP contribution in [0.3, 0.4) is 0 Å². The van der Waals surface area contributed by atoms with E-state index in [2.05, 4.69) is 35.7 Å². The highest BCUT2D eigenvalue weighted by atomic mass is 32.1. The Kier molecular flexibility index (Phi) is 4.98. The number of guanidine groups is 1. The molecule has 5 heteroatoms. The van der Waals surface area contributed by atoms with Crippen molar-refractivity contribution < 1.29 is 0 Å². The number of aliphatic imine (C=N–C) groups is 1. The molecule has 0 radical (unpaired) electrons. The van der Waals surface area contributed by atoms with Crippen molar-refractivity contribution in [2.45, 2.75) is 19.8 Å². The summed E-state index contributed by atoms with van der Waals surface area (Å²) in [5, 5.41) is 4.05. The summed E-state index contributed by atoms with van der Waals surface area (Å²) in [5.74, 6) is 0.766. The minimum atomic E-state index is 0.308. The van der Waals surface area contributed by atoms with Crippen molar-refractivity contribution in [1.82, 2.24) is 10.3 Å². The van der Waals surface area contributed by atoms with Gasteiger partial charge in [0.2, 0.25) is 0 Å². The third-order valence-corrected chi connectivity index (χ3v) is 3.17. The van der Waals surface area contributed by atoms with Gasteiger partial charge in [-0.2, -0.15) is 0 Å². The Morgan fingerprint density at radius 2 is 2.56 bits per heavy atom. The molecule has 1 aromatic rings. The summed E-state index contributed by atoms with van der Waals surface area (Å²) in [6.07, 6.45) is 3.63. The van der Waals surface area contributed by atoms with Gasteiger partial charge in [0.15, 0.2) is 5.96 Å². The zero-order chi connectivity index (χ0) is 12.0. The third kappa shape index (κ3) is 4.02. The van der Waals surface area contributed by atoms with Crippen LogP contribution < -0.4 is 11.1 Å². The SMILES string of the molecule is C=CCNC(N)=NCC(C)c1ncc(C)s1. The Balaban J connectivity index is 2.45. The summed E-state index contributed by atoms with van der Waals surface area (Å²) in [6, 6.07) is 0. The molecule has 0 saturated heterocycles. The van der Waals surface area contributed by atoms with Crippen LogP contribution in [0, 0.1) is 6.92 Å². The molecule has 0 aliphatic heterocycles. The quantitative estimate of drug-likeness (QED) is 0.466. The van der Waals surface area contributed by atoms with Gasteiger partial charge in [-0.05, 0) is 6.92 Å². The highest BCUT2D eigenvalue weighted by Gasteiger charge is 2.08. The number of nitrogens with one attached hydrogen (secondary N) is 1. The lowest BCUT2D eigenvalue weighted by Crippen LogP contribution is -2.32. The normalized spacial score (nSPS) is 13.5. The van der Waals surface area contributed by atoms with Crippen LogP contribution in [0.2, 0.25) is 0 Å². The molecule has 0 spiro atoms. The van der Waals surface area contributed by atoms with E-state index in [1.54, 1.807) is 17.4 Å². The van der Waals surface area contributed by atoms with E-state index in [0.717, 1.165) is 5.01 Å². The smallest absolute Gasteiger partial charge is 0.188 e. The number of rotatable bonds is 5. The molecule has 1 unspecified atom stereocenters. The number of nitrogens with zero attached hydrogens (tertiary/aromatic N) is 2. The van der Waals surface area contributed by atoms with Gasteiger partial charge in [0.05, 0.1) is 11.6 Å². The van der Waals surface area contributed by atoms with Crippen molar-refractivity contribution in [3.63, 3.8) is 0 Å². The first-order valence-electron chi connectivity index (χ1n) is 5.20. The second kappa shape index (κ2) is 6.27. The lowest BCUT2D eigenvalue weighted by molar-refractivity contribution is 0.761. The molecule has 1 rings (SSSR count). The largest absolute Gasteiger partial charge is 0.370 e. The minimum absolute atomic E-state index is 0.308. The van der Waals surface area contributed by atoms with Crippen molar-refractivity contribution in [1.29, 1.82) is 0 Å². The van der Waals surface area contributed by atoms with Gasteiger partial charge in [0.1, 0.15) is 0 Å². The molecule has 0 bridgehead atoms. The lowest BCUT2D eigenvalue weighted by Gasteiger charge is -2.06. The van der Waals surface area contributed by atoms with E-state index in [9.17, 15) is 0 Å². The van der Waals surface area contributed by atoms with E-state index in [-0.39, 0.29) is 0 Å². The van der Waals surface area contributed by atoms with Crippen LogP contribution in [-0.2, 0) is 0 Å². The highest BCUT2D eigenvalue weighted by Crippen LogP contribution is 2.20. The number of aryl methyl sites for hydroxylation is 1. The van der Waals surface area contributed by atoms with E-state index in [1.807, 2.05) is 6.20 Å². The molecule has 0 aliphatic rings. The Morgan fingerprint density at radius 3 is 3.12 bits per heavy atom. The van der Waals surface area contributed by atoms with Gasteiger partial charge >= 0.3 is 0 Å². The van der Waals surface area contributed by atoms with Crippen LogP contribution in [0.15, 0.2) is 23.8 Å². The molecule has 0 aliphatic carbocycles. The van der Waals surface area contributed by atoms with Crippen LogP contribution in [0.4, 0.5) is 0 Å². The van der Waals surface area contributed by atoms with Gasteiger partial charge in [-0.3, -0.25) is 4.99 Å². The van der Waals surface area contributed by atoms with Gasteiger partial charge < -0.3 is 11.1 Å². The van der Waals surface area contributed by atoms with Crippen molar-refractivity contribution >= 4 is 17.3 Å². The number of aromatic nitrogens is 1. The van der Waals surface area contributed by atoms with Crippen LogP contribution in [-0.4, -0.2) is 24.0 Å². The second-order valence-electron chi connectivity index (χ2n) is 3.61. The fourth-order valence-electron chi connectivity index (χ4n) is 1.15. The number of nitrogens with two attached hydrogens (primary N) is 1. The zero-order valence-corrected chi connectivity index (χ0v) is 10.5. The lowest BCUT2D eigenvalue weighted by atomic mass is 10.2. The Morgan fingerprint density at radius 1 is 1.81 bits per heavy atom. The van der Waals surface area contributed by atoms with Crippen LogP contribution in [0.5, 0.6) is 0 Å². The predicted molar refractivity (Wildman–Crippen MR) is 70.0 cm³/mol. The molecule has 0 aromatic carbocycles. The molecule has 4 nitrogen and oxygen atoms in total. The summed E-state index contributed by atoms with van der Waals surface area (Å²) >= 11 is 1.71. The summed E-state index contributed by atoms with van der Waals surface area (Å²) in [7, 11) is 0. The fraction of sp³-hybridized carbons (Fsp3) is 0.455. The molecular formula is C11H18N4S. The molecule has 0 fully saturated rings. The van der Waals surface area contributed by atoms with Crippen LogP contribution in [0.1, 0.15) is 22.7 Å². The third-order valence-electron chi connectivity index (χ3n) is 2.02. The number of thiazole rings is 1. The first-order valence-corrected chi connectivity index (χ1v) is 6.02. The molecule has 16 heavy (non-hydrogen) atoms. The minimum Gasteiger partial charge on any atom is -0.370 e. The average molecular weight is 238 g/mol. The maximum absolute atomic E-state index is 5.67. The van der Waals surface area contributed by atoms with Gasteiger partial charge in [0.25, 0.3) is 0 Å². The maximum Gasteiger partial charge on any atom is 0.188 e. The first kappa shape index (κ1) is 12.7. The molecule has 88 valence electrons. The van der Waals surface area contributed by atoms with Crippen LogP contribution in [0.25, 0.3) is 0 Å². The molecule has 3 N–H and O–H groups in total. The van der Waals surface area contributed by atoms with E-state index in [0.29, 0.717) is 25.0 Å². The van der Waals surface area contributed by atoms with E-state index in [1.165, 1.54) is 4.88 Å². The summed E-state index contributed by atoms with van der Waals surface area (Å²) in [5.41, 5.74) is 5.67. The standard InChI is InChI=1S/C11H18N4S/c1-4-5-13-11(12)15-6-8(2)10-14-7-9(3)16-10/h4,7-8H,1,5-6H2,2-3H3,(H3,12,13,15). The van der Waals surface area contributed by atoms with Crippen LogP contribution >= 0.6 is 11.3 Å². The molecule has 1 heterocycles. The van der Waals surface area contributed by atoms with E-state index < -0.39 is 0 Å². The van der Waals surface area contributed by atoms with Gasteiger partial charge in [-0.25, -0.2) is 4.98 Å². The van der Waals surface area contributed by atoms with Crippen molar-refractivity contribution in [3.05, 3.63) is 28.7 Å². The van der Waals surface area contributed by atoms with Crippen molar-refractivity contribution in [2.75, 3.05) is 13.1 Å². The molecule has 0 saturated carbocycles. The van der Waals surface area contributed by atoms with Crippen molar-refractivity contribution in [3.8, 4) is 0 Å². The molecule has 0 amide bonds. The summed E-state index contributed by atoms with van der Waals surface area (Å²) < 4.78 is 0. The summed E-state index contributed by atoms with van der Waals surface area (Å²) in [6.45, 7) is 9.04. The zero-order valence-electron chi connectivity index (χ0n) is 9.73.